The number of aromatic amines is 1. The van der Waals surface area contributed by atoms with E-state index in [0.717, 1.165) is 31.1 Å². The lowest BCUT2D eigenvalue weighted by Crippen LogP contribution is -2.42. The van der Waals surface area contributed by atoms with Gasteiger partial charge in [-0.2, -0.15) is 0 Å². The van der Waals surface area contributed by atoms with E-state index in [1.165, 1.54) is 6.42 Å². The molecule has 3 aromatic rings. The number of nitrogens with zero attached hydrogens (tertiary/aromatic N) is 5. The maximum atomic E-state index is 13.4. The molecule has 2 fully saturated rings. The molecule has 3 heterocycles. The van der Waals surface area contributed by atoms with Crippen LogP contribution in [0, 0.1) is 0 Å². The second-order valence-electron chi connectivity index (χ2n) is 9.29. The normalized spacial score (nSPS) is 19.4. The van der Waals surface area contributed by atoms with Gasteiger partial charge in [0.25, 0.3) is 5.56 Å². The Bertz CT molecular complexity index is 1190. The highest BCUT2D eigenvalue weighted by molar-refractivity contribution is 5.83. The third-order valence-corrected chi connectivity index (χ3v) is 7.22. The molecule has 0 spiro atoms. The van der Waals surface area contributed by atoms with Gasteiger partial charge in [0, 0.05) is 30.1 Å². The molecule has 1 aromatic carbocycles. The SMILES string of the molecule is COc1cc2cc([C@H](c3nnnn3C3CCCCC3)N3CCC(O)CC3)c(=O)[nH]c2cc1OC. The van der Waals surface area contributed by atoms with Gasteiger partial charge in [-0.15, -0.1) is 5.10 Å². The van der Waals surface area contributed by atoms with Crippen LogP contribution >= 0.6 is 0 Å². The van der Waals surface area contributed by atoms with Crippen molar-refractivity contribution in [2.75, 3.05) is 27.3 Å². The number of methoxy groups -OCH3 is 2. The number of aliphatic hydroxyl groups is 1. The van der Waals surface area contributed by atoms with Crippen LogP contribution in [0.5, 0.6) is 11.5 Å². The van der Waals surface area contributed by atoms with Crippen molar-refractivity contribution in [1.82, 2.24) is 30.1 Å². The molecule has 0 radical (unpaired) electrons. The smallest absolute Gasteiger partial charge is 0.253 e. The van der Waals surface area contributed by atoms with Crippen molar-refractivity contribution in [2.24, 2.45) is 0 Å². The molecule has 0 unspecified atom stereocenters. The summed E-state index contributed by atoms with van der Waals surface area (Å²) in [4.78, 5) is 18.7. The molecular weight excluding hydrogens is 436 g/mol. The van der Waals surface area contributed by atoms with Gasteiger partial charge in [0.2, 0.25) is 0 Å². The van der Waals surface area contributed by atoms with Gasteiger partial charge in [-0.1, -0.05) is 19.3 Å². The van der Waals surface area contributed by atoms with Crippen LogP contribution in [-0.4, -0.2) is 68.6 Å². The Labute approximate surface area is 197 Å². The van der Waals surface area contributed by atoms with E-state index in [0.29, 0.717) is 54.3 Å². The number of nitrogens with one attached hydrogen (secondary N) is 1. The lowest BCUT2D eigenvalue weighted by molar-refractivity contribution is 0.0651. The Kier molecular flexibility index (Phi) is 6.51. The summed E-state index contributed by atoms with van der Waals surface area (Å²) in [5, 5.41) is 23.8. The number of aliphatic hydroxyl groups excluding tert-OH is 1. The van der Waals surface area contributed by atoms with Crippen LogP contribution in [0.1, 0.15) is 68.4 Å². The van der Waals surface area contributed by atoms with Crippen LogP contribution in [0.3, 0.4) is 0 Å². The number of tetrazole rings is 1. The molecule has 1 saturated carbocycles. The lowest BCUT2D eigenvalue weighted by Gasteiger charge is -2.36. The molecule has 182 valence electrons. The first-order valence-electron chi connectivity index (χ1n) is 12.1. The van der Waals surface area contributed by atoms with Crippen molar-refractivity contribution < 1.29 is 14.6 Å². The van der Waals surface area contributed by atoms with Gasteiger partial charge in [-0.05, 0) is 48.2 Å². The first-order valence-corrected chi connectivity index (χ1v) is 12.1. The number of rotatable bonds is 6. The fraction of sp³-hybridized carbons (Fsp3) is 0.583. The third kappa shape index (κ3) is 4.27. The number of fused-ring (bicyclic) bond motifs is 1. The molecule has 1 atom stereocenters. The highest BCUT2D eigenvalue weighted by Gasteiger charge is 2.34. The van der Waals surface area contributed by atoms with E-state index >= 15 is 0 Å². The number of ether oxygens (including phenoxy) is 2. The maximum Gasteiger partial charge on any atom is 0.253 e. The average Bonchev–Trinajstić information content (AvgIpc) is 3.35. The topological polar surface area (TPSA) is 118 Å². The minimum Gasteiger partial charge on any atom is -0.493 e. The molecule has 0 bridgehead atoms. The van der Waals surface area contributed by atoms with Crippen molar-refractivity contribution in [3.8, 4) is 11.5 Å². The first-order chi connectivity index (χ1) is 16.6. The van der Waals surface area contributed by atoms with E-state index in [2.05, 4.69) is 25.4 Å². The lowest BCUT2D eigenvalue weighted by atomic mass is 9.94. The number of benzene rings is 1. The number of aromatic nitrogens is 5. The zero-order valence-corrected chi connectivity index (χ0v) is 19.7. The van der Waals surface area contributed by atoms with Crippen LogP contribution < -0.4 is 15.0 Å². The predicted molar refractivity (Wildman–Crippen MR) is 126 cm³/mol. The highest BCUT2D eigenvalue weighted by atomic mass is 16.5. The van der Waals surface area contributed by atoms with E-state index in [4.69, 9.17) is 9.47 Å². The molecule has 1 saturated heterocycles. The van der Waals surface area contributed by atoms with E-state index in [1.807, 2.05) is 16.8 Å². The largest absolute Gasteiger partial charge is 0.493 e. The minimum absolute atomic E-state index is 0.186. The van der Waals surface area contributed by atoms with Gasteiger partial charge in [0.15, 0.2) is 17.3 Å². The number of likely N-dealkylation sites (tertiary alicyclic amines) is 1. The fourth-order valence-corrected chi connectivity index (χ4v) is 5.36. The second-order valence-corrected chi connectivity index (χ2v) is 9.29. The van der Waals surface area contributed by atoms with E-state index < -0.39 is 6.04 Å². The third-order valence-electron chi connectivity index (χ3n) is 7.22. The minimum atomic E-state index is -0.411. The molecule has 2 N–H and O–H groups in total. The summed E-state index contributed by atoms with van der Waals surface area (Å²) >= 11 is 0. The Hall–Kier alpha value is -2.98. The zero-order chi connectivity index (χ0) is 23.7. The van der Waals surface area contributed by atoms with Crippen LogP contribution in [0.2, 0.25) is 0 Å². The Morgan fingerprint density at radius 3 is 2.44 bits per heavy atom. The van der Waals surface area contributed by atoms with Gasteiger partial charge in [0.1, 0.15) is 6.04 Å². The van der Waals surface area contributed by atoms with Crippen molar-refractivity contribution >= 4 is 10.9 Å². The van der Waals surface area contributed by atoms with Crippen LogP contribution in [0.25, 0.3) is 10.9 Å². The van der Waals surface area contributed by atoms with Crippen LogP contribution in [0.15, 0.2) is 23.0 Å². The van der Waals surface area contributed by atoms with E-state index in [1.54, 1.807) is 20.3 Å². The van der Waals surface area contributed by atoms with Crippen molar-refractivity contribution in [3.63, 3.8) is 0 Å². The van der Waals surface area contributed by atoms with Crippen LogP contribution in [0.4, 0.5) is 0 Å². The molecule has 5 rings (SSSR count). The van der Waals surface area contributed by atoms with Gasteiger partial charge in [-0.25, -0.2) is 4.68 Å². The molecule has 2 aromatic heterocycles. The summed E-state index contributed by atoms with van der Waals surface area (Å²) in [6.45, 7) is 1.32. The van der Waals surface area contributed by atoms with Gasteiger partial charge in [0.05, 0.1) is 31.9 Å². The molecule has 1 aliphatic carbocycles. The van der Waals surface area contributed by atoms with Crippen molar-refractivity contribution in [2.45, 2.75) is 63.1 Å². The van der Waals surface area contributed by atoms with E-state index in [9.17, 15) is 9.90 Å². The molecule has 10 heteroatoms. The summed E-state index contributed by atoms with van der Waals surface area (Å²) in [5.74, 6) is 1.84. The van der Waals surface area contributed by atoms with Crippen LogP contribution in [-0.2, 0) is 0 Å². The molecule has 10 nitrogen and oxygen atoms in total. The highest BCUT2D eigenvalue weighted by Crippen LogP contribution is 2.36. The van der Waals surface area contributed by atoms with E-state index in [-0.39, 0.29) is 17.7 Å². The quantitative estimate of drug-likeness (QED) is 0.567. The van der Waals surface area contributed by atoms with Gasteiger partial charge >= 0.3 is 0 Å². The molecule has 2 aliphatic rings. The Morgan fingerprint density at radius 2 is 1.74 bits per heavy atom. The van der Waals surface area contributed by atoms with Gasteiger partial charge < -0.3 is 19.6 Å². The molecular formula is C24H32N6O4. The zero-order valence-electron chi connectivity index (χ0n) is 19.7. The molecule has 1 aliphatic heterocycles. The fourth-order valence-electron chi connectivity index (χ4n) is 5.36. The molecule has 34 heavy (non-hydrogen) atoms. The van der Waals surface area contributed by atoms with Crippen molar-refractivity contribution in [1.29, 1.82) is 0 Å². The molecule has 0 amide bonds. The predicted octanol–water partition coefficient (Wildman–Crippen LogP) is 2.58. The number of hydrogen-bond acceptors (Lipinski definition) is 8. The summed E-state index contributed by atoms with van der Waals surface area (Å²) in [6, 6.07) is 5.38. The summed E-state index contributed by atoms with van der Waals surface area (Å²) in [5.41, 5.74) is 1.07. The monoisotopic (exact) mass is 468 g/mol. The standard InChI is InChI=1S/C24H32N6O4/c1-33-20-13-15-12-18(24(32)25-19(15)14-21(20)34-2)22(29-10-8-17(31)9-11-29)23-26-27-28-30(23)16-6-4-3-5-7-16/h12-14,16-17,22,31H,3-11H2,1-2H3,(H,25,32)/t22-/m1/s1. The van der Waals surface area contributed by atoms with Crippen molar-refractivity contribution in [3.05, 3.63) is 39.9 Å². The summed E-state index contributed by atoms with van der Waals surface area (Å²) < 4.78 is 12.8. The second kappa shape index (κ2) is 9.71. The number of piperidine rings is 1. The Morgan fingerprint density at radius 1 is 1.03 bits per heavy atom. The summed E-state index contributed by atoms with van der Waals surface area (Å²) in [6.07, 6.45) is 6.60. The average molecular weight is 469 g/mol. The number of H-pyrrole nitrogens is 1. The first kappa shape index (κ1) is 22.8. The van der Waals surface area contributed by atoms with Gasteiger partial charge in [-0.3, -0.25) is 9.69 Å². The number of pyridine rings is 1. The Balaban J connectivity index is 1.63. The maximum absolute atomic E-state index is 13.4. The number of hydrogen-bond donors (Lipinski definition) is 2. The summed E-state index contributed by atoms with van der Waals surface area (Å²) in [7, 11) is 3.17.